The average molecular weight is 340 g/mol. The molecule has 1 atom stereocenters. The fraction of sp³-hybridized carbons (Fsp3) is 0.474. The van der Waals surface area contributed by atoms with Gasteiger partial charge in [0.1, 0.15) is 11.6 Å². The normalized spacial score (nSPS) is 22.8. The Morgan fingerprint density at radius 2 is 2.20 bits per heavy atom. The van der Waals surface area contributed by atoms with E-state index < -0.39 is 0 Å². The highest BCUT2D eigenvalue weighted by Gasteiger charge is 2.47. The van der Waals surface area contributed by atoms with Gasteiger partial charge >= 0.3 is 0 Å². The molecule has 1 spiro atoms. The van der Waals surface area contributed by atoms with E-state index in [9.17, 15) is 9.18 Å². The Balaban J connectivity index is 1.53. The molecule has 3 N–H and O–H groups in total. The van der Waals surface area contributed by atoms with Gasteiger partial charge in [0.15, 0.2) is 0 Å². The summed E-state index contributed by atoms with van der Waals surface area (Å²) >= 11 is 0. The zero-order chi connectivity index (χ0) is 17.2. The van der Waals surface area contributed by atoms with Crippen molar-refractivity contribution < 1.29 is 9.18 Å². The number of benzene rings is 1. The molecule has 6 heteroatoms. The lowest BCUT2D eigenvalue weighted by atomic mass is 9.84. The van der Waals surface area contributed by atoms with Crippen molar-refractivity contribution in [1.29, 1.82) is 0 Å². The van der Waals surface area contributed by atoms with Crippen LogP contribution in [0.5, 0.6) is 0 Å². The molecule has 1 aromatic carbocycles. The number of carbonyl (C=O) groups excluding carboxylic acids is 1. The largest absolute Gasteiger partial charge is 0.385 e. The molecular weight excluding hydrogens is 319 g/mol. The lowest BCUT2D eigenvalue weighted by molar-refractivity contribution is 0.0851. The Labute approximate surface area is 145 Å². The van der Waals surface area contributed by atoms with E-state index in [1.165, 1.54) is 29.7 Å². The van der Waals surface area contributed by atoms with Gasteiger partial charge in [-0.2, -0.15) is 0 Å². The molecule has 2 aromatic rings. The SMILES string of the molecule is Nc1nn(C(=O)C2CCNc3ccc(F)cc32)c2c1CC1(CC2)CC1. The molecule has 2 heterocycles. The summed E-state index contributed by atoms with van der Waals surface area (Å²) in [5.74, 6) is -0.305. The number of anilines is 2. The smallest absolute Gasteiger partial charge is 0.254 e. The predicted molar refractivity (Wildman–Crippen MR) is 93.2 cm³/mol. The quantitative estimate of drug-likeness (QED) is 0.837. The van der Waals surface area contributed by atoms with Crippen molar-refractivity contribution in [2.24, 2.45) is 5.41 Å². The highest BCUT2D eigenvalue weighted by molar-refractivity contribution is 5.89. The summed E-state index contributed by atoms with van der Waals surface area (Å²) in [6, 6.07) is 4.58. The molecule has 5 nitrogen and oxygen atoms in total. The van der Waals surface area contributed by atoms with Gasteiger partial charge in [-0.1, -0.05) is 0 Å². The molecule has 2 aliphatic carbocycles. The number of halogens is 1. The van der Waals surface area contributed by atoms with Gasteiger partial charge in [0.05, 0.1) is 11.6 Å². The fourth-order valence-corrected chi connectivity index (χ4v) is 4.48. The van der Waals surface area contributed by atoms with Gasteiger partial charge < -0.3 is 11.1 Å². The number of nitrogens with two attached hydrogens (primary N) is 1. The van der Waals surface area contributed by atoms with Crippen molar-refractivity contribution in [3.05, 3.63) is 40.8 Å². The second-order valence-corrected chi connectivity index (χ2v) is 7.74. The highest BCUT2D eigenvalue weighted by atomic mass is 19.1. The highest BCUT2D eigenvalue weighted by Crippen LogP contribution is 2.55. The molecule has 1 fully saturated rings. The first-order valence-corrected chi connectivity index (χ1v) is 9.00. The second-order valence-electron chi connectivity index (χ2n) is 7.74. The first-order chi connectivity index (χ1) is 12.1. The van der Waals surface area contributed by atoms with E-state index in [1.54, 1.807) is 6.07 Å². The zero-order valence-corrected chi connectivity index (χ0v) is 14.0. The third-order valence-electron chi connectivity index (χ3n) is 6.17. The summed E-state index contributed by atoms with van der Waals surface area (Å²) in [5, 5.41) is 7.63. The first kappa shape index (κ1) is 14.9. The predicted octanol–water partition coefficient (Wildman–Crippen LogP) is 3.11. The molecule has 1 aromatic heterocycles. The number of hydrogen-bond acceptors (Lipinski definition) is 4. The number of aromatic nitrogens is 2. The molecule has 0 amide bonds. The molecule has 0 saturated heterocycles. The Kier molecular flexibility index (Phi) is 3.03. The van der Waals surface area contributed by atoms with Gasteiger partial charge in [0.25, 0.3) is 5.91 Å². The second kappa shape index (κ2) is 5.07. The molecule has 1 unspecified atom stereocenters. The monoisotopic (exact) mass is 340 g/mol. The summed E-state index contributed by atoms with van der Waals surface area (Å²) in [6.45, 7) is 0.692. The van der Waals surface area contributed by atoms with Crippen LogP contribution >= 0.6 is 0 Å². The van der Waals surface area contributed by atoms with E-state index in [2.05, 4.69) is 10.4 Å². The van der Waals surface area contributed by atoms with Crippen molar-refractivity contribution in [3.63, 3.8) is 0 Å². The van der Waals surface area contributed by atoms with E-state index >= 15 is 0 Å². The van der Waals surface area contributed by atoms with E-state index in [-0.39, 0.29) is 17.6 Å². The Morgan fingerprint density at radius 1 is 1.36 bits per heavy atom. The van der Waals surface area contributed by atoms with Gasteiger partial charge in [0, 0.05) is 17.8 Å². The zero-order valence-electron chi connectivity index (χ0n) is 14.0. The Bertz CT molecular complexity index is 884. The van der Waals surface area contributed by atoms with Crippen LogP contribution in [0.3, 0.4) is 0 Å². The number of fused-ring (bicyclic) bond motifs is 2. The fourth-order valence-electron chi connectivity index (χ4n) is 4.48. The van der Waals surface area contributed by atoms with E-state index in [1.807, 2.05) is 0 Å². The van der Waals surface area contributed by atoms with E-state index in [4.69, 9.17) is 5.73 Å². The summed E-state index contributed by atoms with van der Waals surface area (Å²) < 4.78 is 15.2. The lowest BCUT2D eigenvalue weighted by Gasteiger charge is -2.27. The number of nitrogen functional groups attached to an aromatic ring is 1. The average Bonchev–Trinajstić information content (AvgIpc) is 3.29. The molecule has 3 aliphatic rings. The van der Waals surface area contributed by atoms with Crippen LogP contribution in [-0.4, -0.2) is 22.2 Å². The molecule has 5 rings (SSSR count). The van der Waals surface area contributed by atoms with E-state index in [0.717, 1.165) is 36.2 Å². The minimum atomic E-state index is -0.382. The summed E-state index contributed by atoms with van der Waals surface area (Å²) in [4.78, 5) is 13.2. The number of hydrogen-bond donors (Lipinski definition) is 2. The van der Waals surface area contributed by atoms with Crippen LogP contribution in [0.2, 0.25) is 0 Å². The van der Waals surface area contributed by atoms with Gasteiger partial charge in [-0.05, 0) is 67.7 Å². The minimum Gasteiger partial charge on any atom is -0.385 e. The summed E-state index contributed by atoms with van der Waals surface area (Å²) in [5.41, 5.74) is 10.1. The minimum absolute atomic E-state index is 0.0898. The van der Waals surface area contributed by atoms with Crippen LogP contribution < -0.4 is 11.1 Å². The van der Waals surface area contributed by atoms with E-state index in [0.29, 0.717) is 29.8 Å². The van der Waals surface area contributed by atoms with Crippen LogP contribution in [0, 0.1) is 11.2 Å². The van der Waals surface area contributed by atoms with Gasteiger partial charge in [-0.25, -0.2) is 9.07 Å². The number of nitrogens with zero attached hydrogens (tertiary/aromatic N) is 2. The number of carbonyl (C=O) groups is 1. The Morgan fingerprint density at radius 3 is 3.00 bits per heavy atom. The van der Waals surface area contributed by atoms with Gasteiger partial charge in [-0.3, -0.25) is 4.79 Å². The van der Waals surface area contributed by atoms with Crippen LogP contribution in [0.25, 0.3) is 0 Å². The number of rotatable bonds is 1. The first-order valence-electron chi connectivity index (χ1n) is 9.00. The molecule has 25 heavy (non-hydrogen) atoms. The standard InChI is InChI=1S/C19H21FN4O/c20-11-1-2-15-13(9-11)12(4-8-22-15)18(25)24-16-3-5-19(6-7-19)10-14(16)17(21)23-24/h1-2,9,12,22H,3-8,10H2,(H2,21,23). The number of nitrogens with one attached hydrogen (secondary N) is 1. The van der Waals surface area contributed by atoms with Crippen molar-refractivity contribution in [2.45, 2.75) is 44.4 Å². The maximum absolute atomic E-state index is 13.7. The molecule has 130 valence electrons. The maximum Gasteiger partial charge on any atom is 0.254 e. The molecule has 1 saturated carbocycles. The van der Waals surface area contributed by atoms with Gasteiger partial charge in [0.2, 0.25) is 0 Å². The lowest BCUT2D eigenvalue weighted by Crippen LogP contribution is -2.29. The van der Waals surface area contributed by atoms with Crippen LogP contribution in [0.15, 0.2) is 18.2 Å². The maximum atomic E-state index is 13.7. The summed E-state index contributed by atoms with van der Waals surface area (Å²) in [7, 11) is 0. The van der Waals surface area contributed by atoms with Crippen molar-refractivity contribution in [2.75, 3.05) is 17.6 Å². The molecule has 0 radical (unpaired) electrons. The van der Waals surface area contributed by atoms with Crippen LogP contribution in [-0.2, 0) is 12.8 Å². The third-order valence-corrected chi connectivity index (χ3v) is 6.17. The van der Waals surface area contributed by atoms with Crippen molar-refractivity contribution in [3.8, 4) is 0 Å². The molecule has 1 aliphatic heterocycles. The Hall–Kier alpha value is -2.37. The van der Waals surface area contributed by atoms with Crippen molar-refractivity contribution in [1.82, 2.24) is 9.78 Å². The van der Waals surface area contributed by atoms with Crippen molar-refractivity contribution >= 4 is 17.4 Å². The molecular formula is C19H21FN4O. The van der Waals surface area contributed by atoms with Gasteiger partial charge in [-0.15, -0.1) is 5.10 Å². The summed E-state index contributed by atoms with van der Waals surface area (Å²) in [6.07, 6.45) is 6.05. The third kappa shape index (κ3) is 2.27. The van der Waals surface area contributed by atoms with Crippen LogP contribution in [0.4, 0.5) is 15.9 Å². The molecule has 0 bridgehead atoms. The topological polar surface area (TPSA) is 72.9 Å². The van der Waals surface area contributed by atoms with Crippen LogP contribution in [0.1, 0.15) is 53.2 Å².